The molecule has 1 aliphatic carbocycles. The van der Waals surface area contributed by atoms with E-state index < -0.39 is 6.43 Å². The van der Waals surface area contributed by atoms with Crippen LogP contribution < -0.4 is 10.2 Å². The third-order valence-electron chi connectivity index (χ3n) is 5.75. The maximum absolute atomic E-state index is 13.0. The Morgan fingerprint density at radius 1 is 1.21 bits per heavy atom. The highest BCUT2D eigenvalue weighted by Gasteiger charge is 2.27. The lowest BCUT2D eigenvalue weighted by Crippen LogP contribution is -2.43. The van der Waals surface area contributed by atoms with Crippen molar-refractivity contribution < 1.29 is 13.6 Å². The van der Waals surface area contributed by atoms with E-state index in [0.29, 0.717) is 11.2 Å². The zero-order valence-electron chi connectivity index (χ0n) is 16.6. The van der Waals surface area contributed by atoms with Gasteiger partial charge in [-0.1, -0.05) is 6.07 Å². The average Bonchev–Trinajstić information content (AvgIpc) is 3.34. The van der Waals surface area contributed by atoms with Crippen molar-refractivity contribution in [1.82, 2.24) is 19.3 Å². The molecular weight excluding hydrogens is 376 g/mol. The number of pyridine rings is 1. The summed E-state index contributed by atoms with van der Waals surface area (Å²) in [6, 6.07) is 7.75. The fourth-order valence-electron chi connectivity index (χ4n) is 4.11. The minimum Gasteiger partial charge on any atom is -0.358 e. The minimum atomic E-state index is -2.59. The van der Waals surface area contributed by atoms with E-state index in [1.165, 1.54) is 6.20 Å². The molecule has 3 aromatic heterocycles. The fraction of sp³-hybridized carbons (Fsp3) is 0.429. The number of nitrogens with one attached hydrogen (secondary N) is 1. The molecule has 3 aromatic rings. The number of rotatable bonds is 5. The second kappa shape index (κ2) is 7.85. The number of anilines is 1. The number of imidazole rings is 1. The zero-order valence-corrected chi connectivity index (χ0v) is 16.6. The van der Waals surface area contributed by atoms with Gasteiger partial charge in [-0.15, -0.1) is 0 Å². The van der Waals surface area contributed by atoms with Gasteiger partial charge in [-0.25, -0.2) is 13.8 Å². The summed E-state index contributed by atoms with van der Waals surface area (Å²) in [4.78, 5) is 18.5. The molecule has 0 aromatic carbocycles. The van der Waals surface area contributed by atoms with Crippen LogP contribution in [0.2, 0.25) is 0 Å². The molecule has 0 radical (unpaired) electrons. The molecular formula is C21H25F2N5O. The van der Waals surface area contributed by atoms with Crippen LogP contribution in [-0.4, -0.2) is 39.0 Å². The zero-order chi connectivity index (χ0) is 20.5. The molecule has 154 valence electrons. The van der Waals surface area contributed by atoms with Crippen LogP contribution in [0.15, 0.2) is 42.9 Å². The van der Waals surface area contributed by atoms with E-state index in [2.05, 4.69) is 15.2 Å². The highest BCUT2D eigenvalue weighted by Crippen LogP contribution is 2.28. The summed E-state index contributed by atoms with van der Waals surface area (Å²) in [6.45, 7) is 0. The fourth-order valence-corrected chi connectivity index (χ4v) is 4.11. The summed E-state index contributed by atoms with van der Waals surface area (Å²) in [7, 11) is 3.88. The molecule has 0 atom stereocenters. The van der Waals surface area contributed by atoms with E-state index in [1.54, 1.807) is 10.5 Å². The number of amides is 1. The lowest BCUT2D eigenvalue weighted by molar-refractivity contribution is 0.0925. The first-order chi connectivity index (χ1) is 13.9. The number of alkyl halides is 2. The Morgan fingerprint density at radius 3 is 2.62 bits per heavy atom. The first kappa shape index (κ1) is 19.4. The number of hydrogen-bond acceptors (Lipinski definition) is 3. The molecule has 1 aliphatic rings. The SMILES string of the molecule is CN(c1cccc2nc(C(F)F)cn12)C1CCC(NC(=O)c2ccn(C)c2)CC1. The standard InChI is InChI=1S/C21H25F2N5O/c1-26-11-10-14(12-26)21(29)24-15-6-8-16(9-7-15)27(2)19-5-3-4-18-25-17(20(22)23)13-28(18)19/h3-5,10-13,15-16,20H,6-9H2,1-2H3,(H,24,29). The van der Waals surface area contributed by atoms with Crippen LogP contribution in [0.1, 0.15) is 48.2 Å². The molecule has 0 spiro atoms. The van der Waals surface area contributed by atoms with Gasteiger partial charge in [-0.3, -0.25) is 9.20 Å². The molecule has 1 saturated carbocycles. The Kier molecular flexibility index (Phi) is 5.25. The molecule has 29 heavy (non-hydrogen) atoms. The minimum absolute atomic E-state index is 0.0369. The molecule has 0 aliphatic heterocycles. The second-order valence-electron chi connectivity index (χ2n) is 7.73. The number of fused-ring (bicyclic) bond motifs is 1. The number of hydrogen-bond donors (Lipinski definition) is 1. The third kappa shape index (κ3) is 3.97. The van der Waals surface area contributed by atoms with Crippen molar-refractivity contribution in [3.05, 3.63) is 54.1 Å². The van der Waals surface area contributed by atoms with Gasteiger partial charge in [0.1, 0.15) is 17.2 Å². The van der Waals surface area contributed by atoms with Crippen LogP contribution in [-0.2, 0) is 7.05 Å². The number of carbonyl (C=O) groups is 1. The maximum atomic E-state index is 13.0. The number of aromatic nitrogens is 3. The molecule has 4 rings (SSSR count). The maximum Gasteiger partial charge on any atom is 0.281 e. The topological polar surface area (TPSA) is 54.6 Å². The molecule has 3 heterocycles. The van der Waals surface area contributed by atoms with Crippen LogP contribution >= 0.6 is 0 Å². The van der Waals surface area contributed by atoms with Gasteiger partial charge in [0.15, 0.2) is 0 Å². The normalized spacial score (nSPS) is 19.6. The molecule has 0 bridgehead atoms. The van der Waals surface area contributed by atoms with E-state index in [-0.39, 0.29) is 23.7 Å². The molecule has 0 saturated heterocycles. The summed E-state index contributed by atoms with van der Waals surface area (Å²) in [5.74, 6) is 0.809. The Hall–Kier alpha value is -2.90. The van der Waals surface area contributed by atoms with Crippen molar-refractivity contribution in [3.63, 3.8) is 0 Å². The summed E-state index contributed by atoms with van der Waals surface area (Å²) in [5, 5.41) is 3.12. The molecule has 1 amide bonds. The van der Waals surface area contributed by atoms with Gasteiger partial charge in [-0.2, -0.15) is 0 Å². The molecule has 1 N–H and O–H groups in total. The number of carbonyl (C=O) groups excluding carboxylic acids is 1. The first-order valence-corrected chi connectivity index (χ1v) is 9.84. The van der Waals surface area contributed by atoms with Gasteiger partial charge in [0.05, 0.1) is 5.56 Å². The van der Waals surface area contributed by atoms with E-state index in [1.807, 2.05) is 49.3 Å². The van der Waals surface area contributed by atoms with Crippen molar-refractivity contribution in [2.75, 3.05) is 11.9 Å². The van der Waals surface area contributed by atoms with Gasteiger partial charge in [0.2, 0.25) is 0 Å². The predicted molar refractivity (Wildman–Crippen MR) is 107 cm³/mol. The van der Waals surface area contributed by atoms with Crippen LogP contribution in [0.4, 0.5) is 14.6 Å². The first-order valence-electron chi connectivity index (χ1n) is 9.84. The Bertz CT molecular complexity index is 1000. The van der Waals surface area contributed by atoms with Crippen molar-refractivity contribution in [2.24, 2.45) is 7.05 Å². The lowest BCUT2D eigenvalue weighted by atomic mass is 9.90. The van der Waals surface area contributed by atoms with Crippen LogP contribution in [0.3, 0.4) is 0 Å². The summed E-state index contributed by atoms with van der Waals surface area (Å²) in [6.07, 6.45) is 6.11. The molecule has 8 heteroatoms. The van der Waals surface area contributed by atoms with Gasteiger partial charge in [-0.05, 0) is 43.9 Å². The van der Waals surface area contributed by atoms with Crippen molar-refractivity contribution in [1.29, 1.82) is 0 Å². The lowest BCUT2D eigenvalue weighted by Gasteiger charge is -2.36. The Morgan fingerprint density at radius 2 is 1.97 bits per heavy atom. The van der Waals surface area contributed by atoms with Gasteiger partial charge in [0, 0.05) is 44.8 Å². The van der Waals surface area contributed by atoms with Crippen LogP contribution in [0, 0.1) is 0 Å². The smallest absolute Gasteiger partial charge is 0.281 e. The summed E-state index contributed by atoms with van der Waals surface area (Å²) in [5.41, 5.74) is 0.986. The average molecular weight is 401 g/mol. The third-order valence-corrected chi connectivity index (χ3v) is 5.75. The van der Waals surface area contributed by atoms with E-state index in [4.69, 9.17) is 0 Å². The summed E-state index contributed by atoms with van der Waals surface area (Å²) < 4.78 is 29.7. The number of nitrogens with zero attached hydrogens (tertiary/aromatic N) is 4. The quantitative estimate of drug-likeness (QED) is 0.708. The van der Waals surface area contributed by atoms with Crippen LogP contribution in [0.25, 0.3) is 5.65 Å². The predicted octanol–water partition coefficient (Wildman–Crippen LogP) is 3.79. The van der Waals surface area contributed by atoms with Crippen molar-refractivity contribution in [2.45, 2.75) is 44.2 Å². The Balaban J connectivity index is 1.41. The van der Waals surface area contributed by atoms with E-state index in [0.717, 1.165) is 31.5 Å². The monoisotopic (exact) mass is 401 g/mol. The number of aryl methyl sites for hydroxylation is 1. The van der Waals surface area contributed by atoms with Gasteiger partial charge in [0.25, 0.3) is 12.3 Å². The van der Waals surface area contributed by atoms with Crippen LogP contribution in [0.5, 0.6) is 0 Å². The van der Waals surface area contributed by atoms with Gasteiger partial charge >= 0.3 is 0 Å². The van der Waals surface area contributed by atoms with E-state index in [9.17, 15) is 13.6 Å². The van der Waals surface area contributed by atoms with Crippen molar-refractivity contribution >= 4 is 17.4 Å². The summed E-state index contributed by atoms with van der Waals surface area (Å²) >= 11 is 0. The molecule has 1 fully saturated rings. The van der Waals surface area contributed by atoms with E-state index >= 15 is 0 Å². The molecule has 0 unspecified atom stereocenters. The van der Waals surface area contributed by atoms with Gasteiger partial charge < -0.3 is 14.8 Å². The number of halogens is 2. The molecule has 6 nitrogen and oxygen atoms in total. The second-order valence-corrected chi connectivity index (χ2v) is 7.73. The highest BCUT2D eigenvalue weighted by atomic mass is 19.3. The largest absolute Gasteiger partial charge is 0.358 e. The van der Waals surface area contributed by atoms with Crippen molar-refractivity contribution in [3.8, 4) is 0 Å². The highest BCUT2D eigenvalue weighted by molar-refractivity contribution is 5.94. The Labute approximate surface area is 168 Å².